The SMILES string of the molecule is CNC(C(=O)N[C@H](C(=O)N(C)[C@H](/C=C(\C)C(=O)O)C(C)C)C(C)(C)C)C(C)(C)c1ccc(CNC(=O)OCc2ccc(NC(=O)[C@H](CCC(=O)O)NC(=O)[C@@H](NC(=O)CCC(=O)N3Cc4ccccc4C#Cc4ccccc43)C(C)C)cc2)cc1. The monoisotopic (exact) mass is 1170 g/mol. The van der Waals surface area contributed by atoms with Gasteiger partial charge in [0, 0.05) is 60.7 Å². The van der Waals surface area contributed by atoms with Gasteiger partial charge in [-0.2, -0.15) is 0 Å². The lowest BCUT2D eigenvalue weighted by Crippen LogP contribution is -2.61. The molecule has 0 saturated heterocycles. The summed E-state index contributed by atoms with van der Waals surface area (Å²) < 4.78 is 5.45. The van der Waals surface area contributed by atoms with Gasteiger partial charge in [0.1, 0.15) is 24.7 Å². The minimum Gasteiger partial charge on any atom is -0.481 e. The van der Waals surface area contributed by atoms with E-state index in [1.165, 1.54) is 11.8 Å². The van der Waals surface area contributed by atoms with Gasteiger partial charge in [-0.15, -0.1) is 0 Å². The third kappa shape index (κ3) is 18.8. The Morgan fingerprint density at radius 1 is 0.706 bits per heavy atom. The molecule has 1 aliphatic heterocycles. The Hall–Kier alpha value is -8.83. The molecule has 5 rings (SSSR count). The molecule has 0 aromatic heterocycles. The van der Waals surface area contributed by atoms with E-state index >= 15 is 0 Å². The topological polar surface area (TPSA) is 282 Å². The van der Waals surface area contributed by atoms with Crippen LogP contribution in [0, 0.1) is 29.1 Å². The minimum absolute atomic E-state index is 0.110. The summed E-state index contributed by atoms with van der Waals surface area (Å²) in [6.45, 7) is 18.3. The molecule has 4 aromatic carbocycles. The first-order valence-electron chi connectivity index (χ1n) is 28.4. The molecule has 4 aromatic rings. The average molecular weight is 1170 g/mol. The number of anilines is 2. The maximum Gasteiger partial charge on any atom is 0.407 e. The molecule has 0 bridgehead atoms. The molecule has 0 saturated carbocycles. The number of para-hydroxylation sites is 1. The Labute approximate surface area is 498 Å². The van der Waals surface area contributed by atoms with Crippen LogP contribution in [0.5, 0.6) is 0 Å². The molecule has 20 heteroatoms. The number of amides is 7. The lowest BCUT2D eigenvalue weighted by Gasteiger charge is -2.40. The van der Waals surface area contributed by atoms with E-state index in [-0.39, 0.29) is 62.3 Å². The fourth-order valence-corrected chi connectivity index (χ4v) is 9.77. The summed E-state index contributed by atoms with van der Waals surface area (Å²) in [4.78, 5) is 122. The van der Waals surface area contributed by atoms with Crippen molar-refractivity contribution in [2.24, 2.45) is 17.3 Å². The third-order valence-electron chi connectivity index (χ3n) is 14.9. The van der Waals surface area contributed by atoms with Gasteiger partial charge in [0.25, 0.3) is 0 Å². The van der Waals surface area contributed by atoms with Crippen LogP contribution in [0.25, 0.3) is 0 Å². The average Bonchev–Trinajstić information content (AvgIpc) is 3.39. The molecule has 1 unspecified atom stereocenters. The number of carbonyl (C=O) groups excluding carboxylic acids is 7. The summed E-state index contributed by atoms with van der Waals surface area (Å²) in [7, 11) is 3.28. The molecular weight excluding hydrogens is 1080 g/mol. The number of likely N-dealkylation sites (N-methyl/N-ethyl adjacent to an activating group) is 2. The van der Waals surface area contributed by atoms with E-state index in [0.29, 0.717) is 22.5 Å². The Bertz CT molecular complexity index is 3170. The second kappa shape index (κ2) is 30.1. The molecule has 20 nitrogen and oxygen atoms in total. The van der Waals surface area contributed by atoms with Crippen molar-refractivity contribution < 1.29 is 58.1 Å². The fraction of sp³-hybridized carbons (Fsp3) is 0.431. The first-order valence-corrected chi connectivity index (χ1v) is 28.4. The standard InChI is InChI=1S/C65H82N8O12/c1-39(2)51(35-41(5)62(82)83)72(12)61(81)57(64(6,7)8)71-60(80)56(66-11)65(9,10)47-27-21-42(22-28-47)36-67-63(84)85-38-43-23-29-48(30-24-43)68-58(78)49(31-34-54(76)77)69-59(79)55(40(3)4)70-52(74)32-33-53(75)73-37-46-19-14-13-17-44(46)25-26-45-18-15-16-20-50(45)73/h13-24,27-30,35,39-40,49,51,55-57,66H,31-34,36-38H2,1-12H3,(H,67,84)(H,68,78)(H,69,79)(H,70,74)(H,71,80)(H,76,77)(H,82,83)/b41-35+/t49-,51+,55-,56?,57+/m0/s1. The van der Waals surface area contributed by atoms with Crippen molar-refractivity contribution in [1.29, 1.82) is 0 Å². The van der Waals surface area contributed by atoms with Crippen LogP contribution in [-0.4, -0.2) is 113 Å². The van der Waals surface area contributed by atoms with Crippen LogP contribution in [0.15, 0.2) is 109 Å². The van der Waals surface area contributed by atoms with E-state index in [0.717, 1.165) is 22.3 Å². The molecule has 8 N–H and O–H groups in total. The lowest BCUT2D eigenvalue weighted by molar-refractivity contribution is -0.141. The molecular formula is C65H82N8O12. The summed E-state index contributed by atoms with van der Waals surface area (Å²) >= 11 is 0. The maximum absolute atomic E-state index is 14.1. The van der Waals surface area contributed by atoms with Crippen molar-refractivity contribution >= 4 is 64.8 Å². The van der Waals surface area contributed by atoms with E-state index in [1.807, 2.05) is 115 Å². The highest BCUT2D eigenvalue weighted by Gasteiger charge is 2.42. The molecule has 0 aliphatic carbocycles. The summed E-state index contributed by atoms with van der Waals surface area (Å²) in [6.07, 6.45) is -0.264. The van der Waals surface area contributed by atoms with Crippen molar-refractivity contribution in [2.75, 3.05) is 24.3 Å². The number of carboxylic acid groups (broad SMARTS) is 2. The van der Waals surface area contributed by atoms with Crippen LogP contribution in [0.4, 0.5) is 16.2 Å². The number of benzene rings is 4. The highest BCUT2D eigenvalue weighted by atomic mass is 16.5. The minimum atomic E-state index is -1.31. The van der Waals surface area contributed by atoms with E-state index in [2.05, 4.69) is 43.7 Å². The molecule has 454 valence electrons. The Balaban J connectivity index is 1.12. The summed E-state index contributed by atoms with van der Waals surface area (Å²) in [6, 6.07) is 23.8. The normalized spacial score (nSPS) is 14.0. The van der Waals surface area contributed by atoms with E-state index in [9.17, 15) is 53.4 Å². The smallest absolute Gasteiger partial charge is 0.407 e. The van der Waals surface area contributed by atoms with Crippen LogP contribution in [0.3, 0.4) is 0 Å². The highest BCUT2D eigenvalue weighted by Crippen LogP contribution is 2.31. The van der Waals surface area contributed by atoms with Crippen molar-refractivity contribution in [1.82, 2.24) is 31.5 Å². The van der Waals surface area contributed by atoms with Crippen molar-refractivity contribution in [2.45, 2.75) is 150 Å². The van der Waals surface area contributed by atoms with Gasteiger partial charge in [-0.3, -0.25) is 33.6 Å². The zero-order valence-electron chi connectivity index (χ0n) is 50.7. The highest BCUT2D eigenvalue weighted by molar-refractivity contribution is 6.00. The van der Waals surface area contributed by atoms with Crippen LogP contribution in [0.1, 0.15) is 128 Å². The summed E-state index contributed by atoms with van der Waals surface area (Å²) in [5.74, 6) is 0.422. The first kappa shape index (κ1) is 67.0. The largest absolute Gasteiger partial charge is 0.481 e. The second-order valence-electron chi connectivity index (χ2n) is 23.6. The van der Waals surface area contributed by atoms with E-state index < -0.39 is 95.0 Å². The molecule has 5 atom stereocenters. The number of aliphatic carboxylic acids is 2. The van der Waals surface area contributed by atoms with Crippen molar-refractivity contribution in [3.8, 4) is 11.8 Å². The zero-order valence-corrected chi connectivity index (χ0v) is 50.7. The van der Waals surface area contributed by atoms with Gasteiger partial charge in [-0.1, -0.05) is 147 Å². The van der Waals surface area contributed by atoms with Crippen LogP contribution >= 0.6 is 0 Å². The number of alkyl carbamates (subject to hydrolysis) is 1. The number of hydrogen-bond acceptors (Lipinski definition) is 11. The van der Waals surface area contributed by atoms with E-state index in [4.69, 9.17) is 4.74 Å². The predicted molar refractivity (Wildman–Crippen MR) is 323 cm³/mol. The second-order valence-corrected chi connectivity index (χ2v) is 23.6. The summed E-state index contributed by atoms with van der Waals surface area (Å²) in [5.41, 5.74) is 3.98. The zero-order chi connectivity index (χ0) is 62.9. The van der Waals surface area contributed by atoms with Gasteiger partial charge < -0.3 is 56.7 Å². The van der Waals surface area contributed by atoms with Crippen molar-refractivity contribution in [3.05, 3.63) is 142 Å². The van der Waals surface area contributed by atoms with E-state index in [1.54, 1.807) is 69.3 Å². The van der Waals surface area contributed by atoms with Gasteiger partial charge in [-0.05, 0) is 90.2 Å². The lowest BCUT2D eigenvalue weighted by atomic mass is 9.76. The quantitative estimate of drug-likeness (QED) is 0.0229. The first-order chi connectivity index (χ1) is 40.0. The Kier molecular flexibility index (Phi) is 23.7. The number of rotatable bonds is 26. The third-order valence-corrected chi connectivity index (χ3v) is 14.9. The van der Waals surface area contributed by atoms with Crippen molar-refractivity contribution in [3.63, 3.8) is 0 Å². The number of carbonyl (C=O) groups is 9. The van der Waals surface area contributed by atoms with Gasteiger partial charge >= 0.3 is 18.0 Å². The number of nitrogens with zero attached hydrogens (tertiary/aromatic N) is 2. The molecule has 1 aliphatic rings. The van der Waals surface area contributed by atoms with Gasteiger partial charge in [0.2, 0.25) is 35.4 Å². The molecule has 7 amide bonds. The number of fused-ring (bicyclic) bond motifs is 2. The predicted octanol–water partition coefficient (Wildman–Crippen LogP) is 7.18. The van der Waals surface area contributed by atoms with Gasteiger partial charge in [0.05, 0.1) is 24.3 Å². The van der Waals surface area contributed by atoms with Gasteiger partial charge in [0.15, 0.2) is 0 Å². The number of hydrogen-bond donors (Lipinski definition) is 8. The maximum atomic E-state index is 14.1. The van der Waals surface area contributed by atoms with Crippen LogP contribution in [0.2, 0.25) is 0 Å². The molecule has 0 fully saturated rings. The molecule has 0 spiro atoms. The van der Waals surface area contributed by atoms with Crippen LogP contribution < -0.4 is 36.8 Å². The van der Waals surface area contributed by atoms with Crippen LogP contribution in [-0.2, 0) is 68.2 Å². The Morgan fingerprint density at radius 3 is 1.92 bits per heavy atom. The number of ether oxygens (including phenoxy) is 1. The number of carboxylic acids is 2. The molecule has 0 radical (unpaired) electrons. The molecule has 85 heavy (non-hydrogen) atoms. The summed E-state index contributed by atoms with van der Waals surface area (Å²) in [5, 5.41) is 35.9. The number of nitrogens with one attached hydrogen (secondary N) is 6. The molecule has 1 heterocycles. The Morgan fingerprint density at radius 2 is 1.32 bits per heavy atom. The fourth-order valence-electron chi connectivity index (χ4n) is 9.77. The van der Waals surface area contributed by atoms with Gasteiger partial charge in [-0.25, -0.2) is 9.59 Å².